The van der Waals surface area contributed by atoms with Gasteiger partial charge in [-0.2, -0.15) is 0 Å². The van der Waals surface area contributed by atoms with Gasteiger partial charge in [-0.3, -0.25) is 0 Å². The summed E-state index contributed by atoms with van der Waals surface area (Å²) in [6.07, 6.45) is 0. The van der Waals surface area contributed by atoms with E-state index in [2.05, 4.69) is 0 Å². The van der Waals surface area contributed by atoms with Gasteiger partial charge in [-0.1, -0.05) is 24.3 Å². The van der Waals surface area contributed by atoms with Crippen molar-refractivity contribution in [3.8, 4) is 0 Å². The lowest BCUT2D eigenvalue weighted by Crippen LogP contribution is -1.94. The summed E-state index contributed by atoms with van der Waals surface area (Å²) >= 11 is 0. The minimum absolute atomic E-state index is 0.637. The van der Waals surface area contributed by atoms with Crippen molar-refractivity contribution in [2.75, 3.05) is 0 Å². The molecule has 52 valence electrons. The van der Waals surface area contributed by atoms with E-state index in [4.69, 9.17) is 5.41 Å². The van der Waals surface area contributed by atoms with Gasteiger partial charge < -0.3 is 5.41 Å². The number of benzene rings is 1. The highest BCUT2D eigenvalue weighted by Gasteiger charge is 1.95. The summed E-state index contributed by atoms with van der Waals surface area (Å²) in [4.78, 5) is 0. The summed E-state index contributed by atoms with van der Waals surface area (Å²) in [7, 11) is 0. The molecule has 1 heteroatoms. The van der Waals surface area contributed by atoms with Crippen LogP contribution < -0.4 is 0 Å². The molecular formula is C9H11N. The first kappa shape index (κ1) is 7.00. The van der Waals surface area contributed by atoms with Gasteiger partial charge in [-0.25, -0.2) is 0 Å². The van der Waals surface area contributed by atoms with E-state index >= 15 is 0 Å². The van der Waals surface area contributed by atoms with Crippen molar-refractivity contribution in [2.24, 2.45) is 0 Å². The molecule has 0 radical (unpaired) electrons. The fraction of sp³-hybridized carbons (Fsp3) is 0.222. The third-order valence-corrected chi connectivity index (χ3v) is 1.55. The molecule has 0 atom stereocenters. The zero-order valence-corrected chi connectivity index (χ0v) is 6.31. The normalized spacial score (nSPS) is 9.40. The van der Waals surface area contributed by atoms with Crippen LogP contribution in [0.15, 0.2) is 24.3 Å². The maximum absolute atomic E-state index is 7.38. The second-order valence-electron chi connectivity index (χ2n) is 2.44. The molecule has 1 rings (SSSR count). The van der Waals surface area contributed by atoms with Gasteiger partial charge in [0.1, 0.15) is 0 Å². The van der Waals surface area contributed by atoms with Crippen molar-refractivity contribution in [2.45, 2.75) is 13.8 Å². The van der Waals surface area contributed by atoms with Gasteiger partial charge in [0, 0.05) is 5.71 Å². The van der Waals surface area contributed by atoms with Gasteiger partial charge >= 0.3 is 0 Å². The Kier molecular flexibility index (Phi) is 1.86. The quantitative estimate of drug-likeness (QED) is 0.569. The molecule has 0 spiro atoms. The highest BCUT2D eigenvalue weighted by molar-refractivity contribution is 5.97. The molecule has 1 nitrogen and oxygen atoms in total. The summed E-state index contributed by atoms with van der Waals surface area (Å²) in [5.74, 6) is 0. The van der Waals surface area contributed by atoms with Crippen molar-refractivity contribution in [1.29, 1.82) is 5.41 Å². The predicted octanol–water partition coefficient (Wildman–Crippen LogP) is 2.38. The monoisotopic (exact) mass is 133 g/mol. The molecule has 0 bridgehead atoms. The summed E-state index contributed by atoms with van der Waals surface area (Å²) in [5, 5.41) is 7.38. The van der Waals surface area contributed by atoms with Gasteiger partial charge in [0.15, 0.2) is 0 Å². The molecule has 0 aliphatic heterocycles. The van der Waals surface area contributed by atoms with Crippen LogP contribution in [0.1, 0.15) is 18.1 Å². The van der Waals surface area contributed by atoms with Crippen LogP contribution in [0.4, 0.5) is 0 Å². The molecule has 0 heterocycles. The minimum Gasteiger partial charge on any atom is -0.305 e. The van der Waals surface area contributed by atoms with Crippen LogP contribution in [0.25, 0.3) is 0 Å². The largest absolute Gasteiger partial charge is 0.305 e. The lowest BCUT2D eigenvalue weighted by atomic mass is 10.1. The van der Waals surface area contributed by atoms with Gasteiger partial charge in [0.05, 0.1) is 0 Å². The van der Waals surface area contributed by atoms with Crippen LogP contribution >= 0.6 is 0 Å². The van der Waals surface area contributed by atoms with Crippen molar-refractivity contribution in [3.05, 3.63) is 35.4 Å². The van der Waals surface area contributed by atoms with E-state index in [0.29, 0.717) is 5.71 Å². The number of nitrogens with one attached hydrogen (secondary N) is 1. The Labute approximate surface area is 61.2 Å². The van der Waals surface area contributed by atoms with Crippen LogP contribution in [-0.2, 0) is 0 Å². The minimum atomic E-state index is 0.637. The molecule has 1 aromatic rings. The summed E-state index contributed by atoms with van der Waals surface area (Å²) in [5.41, 5.74) is 2.86. The Morgan fingerprint density at radius 2 is 1.90 bits per heavy atom. The third kappa shape index (κ3) is 1.24. The SMILES string of the molecule is CC(=N)c1ccccc1C. The zero-order valence-electron chi connectivity index (χ0n) is 6.31. The van der Waals surface area contributed by atoms with Crippen LogP contribution in [0.3, 0.4) is 0 Å². The first-order chi connectivity index (χ1) is 4.72. The lowest BCUT2D eigenvalue weighted by Gasteiger charge is -2.00. The zero-order chi connectivity index (χ0) is 7.56. The van der Waals surface area contributed by atoms with Gasteiger partial charge in [0.2, 0.25) is 0 Å². The van der Waals surface area contributed by atoms with E-state index in [0.717, 1.165) is 5.56 Å². The van der Waals surface area contributed by atoms with Crippen molar-refractivity contribution in [3.63, 3.8) is 0 Å². The topological polar surface area (TPSA) is 23.9 Å². The van der Waals surface area contributed by atoms with Gasteiger partial charge in [-0.05, 0) is 25.0 Å². The van der Waals surface area contributed by atoms with E-state index in [9.17, 15) is 0 Å². The molecule has 10 heavy (non-hydrogen) atoms. The average Bonchev–Trinajstić information content (AvgIpc) is 1.88. The molecule has 0 fully saturated rings. The second-order valence-corrected chi connectivity index (χ2v) is 2.44. The Morgan fingerprint density at radius 3 is 2.30 bits per heavy atom. The van der Waals surface area contributed by atoms with E-state index < -0.39 is 0 Å². The summed E-state index contributed by atoms with van der Waals surface area (Å²) in [6.45, 7) is 3.83. The highest BCUT2D eigenvalue weighted by atomic mass is 14.4. The highest BCUT2D eigenvalue weighted by Crippen LogP contribution is 2.06. The Morgan fingerprint density at radius 1 is 1.30 bits per heavy atom. The molecule has 0 aliphatic carbocycles. The van der Waals surface area contributed by atoms with Crippen LogP contribution in [0, 0.1) is 12.3 Å². The molecule has 1 aromatic carbocycles. The summed E-state index contributed by atoms with van der Waals surface area (Å²) in [6, 6.07) is 7.94. The van der Waals surface area contributed by atoms with E-state index in [1.54, 1.807) is 0 Å². The second kappa shape index (κ2) is 2.65. The fourth-order valence-electron chi connectivity index (χ4n) is 0.994. The molecular weight excluding hydrogens is 122 g/mol. The molecule has 0 saturated heterocycles. The maximum atomic E-state index is 7.38. The lowest BCUT2D eigenvalue weighted by molar-refractivity contribution is 1.38. The maximum Gasteiger partial charge on any atom is 0.0357 e. The molecule has 0 unspecified atom stereocenters. The average molecular weight is 133 g/mol. The molecule has 1 N–H and O–H groups in total. The Hall–Kier alpha value is -1.11. The van der Waals surface area contributed by atoms with Crippen LogP contribution in [0.5, 0.6) is 0 Å². The van der Waals surface area contributed by atoms with Gasteiger partial charge in [0.25, 0.3) is 0 Å². The summed E-state index contributed by atoms with van der Waals surface area (Å²) < 4.78 is 0. The Balaban J connectivity index is 3.15. The molecule has 0 aliphatic rings. The molecule has 0 saturated carbocycles. The van der Waals surface area contributed by atoms with Crippen molar-refractivity contribution < 1.29 is 0 Å². The number of hydrogen-bond donors (Lipinski definition) is 1. The van der Waals surface area contributed by atoms with Crippen LogP contribution in [-0.4, -0.2) is 5.71 Å². The number of aryl methyl sites for hydroxylation is 1. The number of rotatable bonds is 1. The number of hydrogen-bond acceptors (Lipinski definition) is 1. The first-order valence-electron chi connectivity index (χ1n) is 3.33. The van der Waals surface area contributed by atoms with Gasteiger partial charge in [-0.15, -0.1) is 0 Å². The molecule has 0 aromatic heterocycles. The van der Waals surface area contributed by atoms with E-state index in [1.807, 2.05) is 38.1 Å². The van der Waals surface area contributed by atoms with Crippen LogP contribution in [0.2, 0.25) is 0 Å². The Bertz CT molecular complexity index is 251. The smallest absolute Gasteiger partial charge is 0.0357 e. The fourth-order valence-corrected chi connectivity index (χ4v) is 0.994. The standard InChI is InChI=1S/C9H11N/c1-7-5-3-4-6-9(7)8(2)10/h3-6,10H,1-2H3. The van der Waals surface area contributed by atoms with E-state index in [1.165, 1.54) is 5.56 Å². The third-order valence-electron chi connectivity index (χ3n) is 1.55. The van der Waals surface area contributed by atoms with Crippen molar-refractivity contribution in [1.82, 2.24) is 0 Å². The van der Waals surface area contributed by atoms with E-state index in [-0.39, 0.29) is 0 Å². The predicted molar refractivity (Wildman–Crippen MR) is 43.7 cm³/mol. The van der Waals surface area contributed by atoms with Crippen molar-refractivity contribution >= 4 is 5.71 Å². The first-order valence-corrected chi connectivity index (χ1v) is 3.33. The molecule has 0 amide bonds.